The molecule has 0 aromatic heterocycles. The molecule has 1 heterocycles. The Morgan fingerprint density at radius 3 is 2.04 bits per heavy atom. The van der Waals surface area contributed by atoms with Crippen molar-refractivity contribution in [2.45, 2.75) is 103 Å². The van der Waals surface area contributed by atoms with Gasteiger partial charge in [-0.1, -0.05) is 25.1 Å². The van der Waals surface area contributed by atoms with Gasteiger partial charge < -0.3 is 33.5 Å². The first-order valence-electron chi connectivity index (χ1n) is 16.3. The van der Waals surface area contributed by atoms with Crippen molar-refractivity contribution in [1.82, 2.24) is 0 Å². The number of fused-ring (bicyclic) bond motifs is 2. The van der Waals surface area contributed by atoms with Gasteiger partial charge in [0.05, 0.1) is 23.5 Å². The largest absolute Gasteiger partial charge is 0.462 e. The molecule has 2 bridgehead atoms. The molecule has 1 saturated heterocycles. The Bertz CT molecular complexity index is 1560. The van der Waals surface area contributed by atoms with Gasteiger partial charge in [-0.3, -0.25) is 24.0 Å². The summed E-state index contributed by atoms with van der Waals surface area (Å²) < 4.78 is 36.3. The highest BCUT2D eigenvalue weighted by Gasteiger charge is 2.86. The summed E-state index contributed by atoms with van der Waals surface area (Å²) in [4.78, 5) is 79.6. The second-order valence-corrected chi connectivity index (χ2v) is 14.6. The van der Waals surface area contributed by atoms with Gasteiger partial charge in [0.25, 0.3) is 0 Å². The van der Waals surface area contributed by atoms with Crippen molar-refractivity contribution in [3.05, 3.63) is 35.9 Å². The number of rotatable bonds is 6. The summed E-state index contributed by atoms with van der Waals surface area (Å²) in [6, 6.07) is 8.14. The van der Waals surface area contributed by atoms with Crippen LogP contribution in [0.1, 0.15) is 71.7 Å². The fraction of sp³-hybridized carbons (Fsp3) is 0.657. The zero-order chi connectivity index (χ0) is 35.1. The van der Waals surface area contributed by atoms with E-state index >= 15 is 4.79 Å². The van der Waals surface area contributed by atoms with E-state index in [1.165, 1.54) is 20.8 Å². The van der Waals surface area contributed by atoms with E-state index in [2.05, 4.69) is 0 Å². The van der Waals surface area contributed by atoms with E-state index in [-0.39, 0.29) is 25.0 Å². The second-order valence-electron chi connectivity index (χ2n) is 14.6. The Balaban J connectivity index is 1.61. The Hall–Kier alpha value is -3.84. The van der Waals surface area contributed by atoms with E-state index < -0.39 is 112 Å². The molecule has 0 amide bonds. The SMILES string of the molecule is CC(=O)O[C@@H]1[C@@H]2[C@@H](OC(C)=O)[C@@]34CO[C@](C)([C@H](OC(C)=O)[C@@]2(O)C[C@@H]1C)[C@@H]3[C@@H]1[C@@H](C[C@]1(C)OC(C)=O)[C@@H](OC(=O)c1ccccc1)C4=O. The van der Waals surface area contributed by atoms with E-state index in [4.69, 9.17) is 28.4 Å². The third kappa shape index (κ3) is 4.79. The number of hydrogen-bond acceptors (Lipinski definition) is 13. The van der Waals surface area contributed by atoms with Crippen LogP contribution in [-0.4, -0.2) is 88.6 Å². The van der Waals surface area contributed by atoms with E-state index in [0.29, 0.717) is 0 Å². The number of aliphatic hydroxyl groups is 1. The van der Waals surface area contributed by atoms with Crippen LogP contribution in [0.25, 0.3) is 0 Å². The number of carbonyl (C=O) groups excluding carboxylic acids is 6. The Morgan fingerprint density at radius 1 is 0.833 bits per heavy atom. The van der Waals surface area contributed by atoms with Crippen molar-refractivity contribution in [2.24, 2.45) is 35.0 Å². The molecule has 5 fully saturated rings. The average molecular weight is 671 g/mol. The third-order valence-electron chi connectivity index (χ3n) is 11.5. The lowest BCUT2D eigenvalue weighted by Gasteiger charge is -2.64. The Labute approximate surface area is 277 Å². The Kier molecular flexibility index (Phi) is 8.06. The zero-order valence-electron chi connectivity index (χ0n) is 28.1. The average Bonchev–Trinajstić information content (AvgIpc) is 3.40. The van der Waals surface area contributed by atoms with Gasteiger partial charge in [0.15, 0.2) is 18.0 Å². The molecule has 4 saturated carbocycles. The highest BCUT2D eigenvalue weighted by molar-refractivity contribution is 5.97. The van der Waals surface area contributed by atoms with Gasteiger partial charge in [0.1, 0.15) is 29.0 Å². The molecule has 260 valence electrons. The summed E-state index contributed by atoms with van der Waals surface area (Å²) in [6.07, 6.45) is -5.34. The van der Waals surface area contributed by atoms with Crippen LogP contribution in [0.4, 0.5) is 0 Å². The molecule has 0 unspecified atom stereocenters. The minimum absolute atomic E-state index is 0.0665. The summed E-state index contributed by atoms with van der Waals surface area (Å²) in [5.41, 5.74) is -6.49. The molecule has 1 N–H and O–H groups in total. The van der Waals surface area contributed by atoms with Gasteiger partial charge >= 0.3 is 29.8 Å². The van der Waals surface area contributed by atoms with Gasteiger partial charge in [-0.2, -0.15) is 0 Å². The molecule has 0 radical (unpaired) electrons. The summed E-state index contributed by atoms with van der Waals surface area (Å²) in [6.45, 7) is 9.51. The van der Waals surface area contributed by atoms with Crippen LogP contribution in [0.5, 0.6) is 0 Å². The topological polar surface area (TPSA) is 178 Å². The summed E-state index contributed by atoms with van der Waals surface area (Å²) in [7, 11) is 0. The third-order valence-corrected chi connectivity index (χ3v) is 11.5. The Morgan fingerprint density at radius 2 is 1.46 bits per heavy atom. The number of Topliss-reactive ketones (excluding diaryl/α,β-unsaturated/α-hetero) is 1. The van der Waals surface area contributed by atoms with Crippen LogP contribution in [0.15, 0.2) is 30.3 Å². The smallest absolute Gasteiger partial charge is 0.338 e. The molecule has 4 aliphatic carbocycles. The first kappa shape index (κ1) is 34.0. The molecule has 1 aromatic rings. The van der Waals surface area contributed by atoms with Crippen molar-refractivity contribution in [2.75, 3.05) is 6.61 Å². The molecule has 13 atom stereocenters. The molecule has 1 aliphatic heterocycles. The fourth-order valence-corrected chi connectivity index (χ4v) is 10.3. The zero-order valence-corrected chi connectivity index (χ0v) is 28.1. The number of carbonyl (C=O) groups is 6. The lowest BCUT2D eigenvalue weighted by atomic mass is 9.42. The maximum Gasteiger partial charge on any atom is 0.338 e. The summed E-state index contributed by atoms with van der Waals surface area (Å²) in [5, 5.41) is 12.8. The molecule has 5 aliphatic rings. The number of ether oxygens (including phenoxy) is 6. The van der Waals surface area contributed by atoms with Crippen LogP contribution in [0.2, 0.25) is 0 Å². The highest BCUT2D eigenvalue weighted by Crippen LogP contribution is 2.72. The monoisotopic (exact) mass is 670 g/mol. The van der Waals surface area contributed by atoms with Crippen molar-refractivity contribution in [3.8, 4) is 0 Å². The molecule has 6 rings (SSSR count). The second kappa shape index (κ2) is 11.4. The highest BCUT2D eigenvalue weighted by atomic mass is 16.6. The van der Waals surface area contributed by atoms with E-state index in [9.17, 15) is 29.1 Å². The number of benzene rings is 1. The lowest BCUT2D eigenvalue weighted by molar-refractivity contribution is -0.257. The standard InChI is InChI=1S/C35H42O13/c1-16-13-35(42)24(25(16)44-17(2)36)29(45-18(3)37)34-15-43-33(7,31(35)46-19(4)38)27(34)23-22(14-32(23,6)48-20(5)39)26(28(34)40)47-30(41)21-11-9-8-10-12-21/h8-12,16,22-27,29,31,42H,13-15H2,1-7H3/t16-,22+,23-,24+,25-,26+,27-,29+,31-,32-,33-,34-,35+/m0/s1. The van der Waals surface area contributed by atoms with E-state index in [1.807, 2.05) is 0 Å². The summed E-state index contributed by atoms with van der Waals surface area (Å²) in [5.74, 6) is -8.40. The first-order chi connectivity index (χ1) is 22.4. The predicted molar refractivity (Wildman–Crippen MR) is 162 cm³/mol. The molecular weight excluding hydrogens is 628 g/mol. The lowest BCUT2D eigenvalue weighted by Crippen LogP contribution is -2.75. The molecule has 48 heavy (non-hydrogen) atoms. The molecule has 1 aromatic carbocycles. The first-order valence-corrected chi connectivity index (χ1v) is 16.3. The summed E-state index contributed by atoms with van der Waals surface area (Å²) >= 11 is 0. The quantitative estimate of drug-likeness (QED) is 0.345. The van der Waals surface area contributed by atoms with Gasteiger partial charge in [-0.15, -0.1) is 0 Å². The molecule has 0 spiro atoms. The van der Waals surface area contributed by atoms with Crippen molar-refractivity contribution < 1.29 is 62.3 Å². The number of ketones is 1. The van der Waals surface area contributed by atoms with Gasteiger partial charge in [0, 0.05) is 45.4 Å². The van der Waals surface area contributed by atoms with E-state index in [0.717, 1.165) is 6.92 Å². The fourth-order valence-electron chi connectivity index (χ4n) is 10.3. The van der Waals surface area contributed by atoms with Crippen LogP contribution < -0.4 is 0 Å². The molecule has 13 heteroatoms. The van der Waals surface area contributed by atoms with Crippen LogP contribution in [0.3, 0.4) is 0 Å². The maximum absolute atomic E-state index is 15.3. The number of esters is 5. The predicted octanol–water partition coefficient (Wildman–Crippen LogP) is 2.34. The normalized spacial score (nSPS) is 43.7. The van der Waals surface area contributed by atoms with Gasteiger partial charge in [0.2, 0.25) is 0 Å². The van der Waals surface area contributed by atoms with Gasteiger partial charge in [-0.05, 0) is 44.7 Å². The minimum atomic E-state index is -2.03. The van der Waals surface area contributed by atoms with Gasteiger partial charge in [-0.25, -0.2) is 4.79 Å². The molecular formula is C35H42O13. The van der Waals surface area contributed by atoms with E-state index in [1.54, 1.807) is 51.1 Å². The van der Waals surface area contributed by atoms with Crippen molar-refractivity contribution in [1.29, 1.82) is 0 Å². The van der Waals surface area contributed by atoms with Crippen LogP contribution in [-0.2, 0) is 52.4 Å². The van der Waals surface area contributed by atoms with Crippen molar-refractivity contribution >= 4 is 35.6 Å². The van der Waals surface area contributed by atoms with Crippen molar-refractivity contribution in [3.63, 3.8) is 0 Å². The van der Waals surface area contributed by atoms with Crippen LogP contribution in [0, 0.1) is 35.0 Å². The number of hydrogen-bond donors (Lipinski definition) is 1. The molecule has 13 nitrogen and oxygen atoms in total. The minimum Gasteiger partial charge on any atom is -0.462 e. The maximum atomic E-state index is 15.3. The van der Waals surface area contributed by atoms with Crippen LogP contribution >= 0.6 is 0 Å².